The maximum absolute atomic E-state index is 3.70. The highest BCUT2D eigenvalue weighted by Crippen LogP contribution is 2.44. The van der Waals surface area contributed by atoms with Crippen LogP contribution in [0.4, 0.5) is 0 Å². The Morgan fingerprint density at radius 2 is 2.07 bits per heavy atom. The van der Waals surface area contributed by atoms with Crippen molar-refractivity contribution in [2.75, 3.05) is 18.4 Å². The zero-order chi connectivity index (χ0) is 10.2. The van der Waals surface area contributed by atoms with E-state index >= 15 is 0 Å². The SMILES string of the molecule is CC1CC(C)N(CC2(CBr)CCC2)C1. The van der Waals surface area contributed by atoms with Crippen LogP contribution in [0.15, 0.2) is 0 Å². The third kappa shape index (κ3) is 2.01. The topological polar surface area (TPSA) is 3.24 Å². The van der Waals surface area contributed by atoms with Crippen molar-refractivity contribution in [3.8, 4) is 0 Å². The molecule has 14 heavy (non-hydrogen) atoms. The van der Waals surface area contributed by atoms with Crippen LogP contribution in [0.5, 0.6) is 0 Å². The first-order chi connectivity index (χ1) is 6.65. The first kappa shape index (κ1) is 10.9. The minimum absolute atomic E-state index is 0.637. The molecule has 0 N–H and O–H groups in total. The molecule has 0 radical (unpaired) electrons. The van der Waals surface area contributed by atoms with E-state index < -0.39 is 0 Å². The van der Waals surface area contributed by atoms with Gasteiger partial charge in [-0.1, -0.05) is 29.3 Å². The normalized spacial score (nSPS) is 37.1. The van der Waals surface area contributed by atoms with Gasteiger partial charge < -0.3 is 0 Å². The van der Waals surface area contributed by atoms with Gasteiger partial charge >= 0.3 is 0 Å². The highest BCUT2D eigenvalue weighted by molar-refractivity contribution is 9.09. The summed E-state index contributed by atoms with van der Waals surface area (Å²) in [7, 11) is 0. The van der Waals surface area contributed by atoms with Crippen LogP contribution in [0, 0.1) is 11.3 Å². The number of hydrogen-bond donors (Lipinski definition) is 0. The molecule has 1 heterocycles. The maximum Gasteiger partial charge on any atom is 0.0100 e. The predicted molar refractivity (Wildman–Crippen MR) is 64.9 cm³/mol. The molecule has 0 spiro atoms. The van der Waals surface area contributed by atoms with Crippen molar-refractivity contribution in [2.24, 2.45) is 11.3 Å². The molecule has 1 aliphatic heterocycles. The molecule has 0 aromatic rings. The molecule has 82 valence electrons. The fourth-order valence-electron chi connectivity index (χ4n) is 3.05. The lowest BCUT2D eigenvalue weighted by molar-refractivity contribution is 0.0866. The van der Waals surface area contributed by atoms with Gasteiger partial charge in [0.15, 0.2) is 0 Å². The minimum Gasteiger partial charge on any atom is -0.300 e. The van der Waals surface area contributed by atoms with Crippen molar-refractivity contribution >= 4 is 15.9 Å². The zero-order valence-electron chi connectivity index (χ0n) is 9.43. The monoisotopic (exact) mass is 259 g/mol. The Bertz CT molecular complexity index is 195. The number of halogens is 1. The number of hydrogen-bond acceptors (Lipinski definition) is 1. The molecule has 2 heteroatoms. The Balaban J connectivity index is 1.90. The molecule has 2 rings (SSSR count). The quantitative estimate of drug-likeness (QED) is 0.704. The molecule has 1 saturated heterocycles. The third-order valence-corrected chi connectivity index (χ3v) is 5.34. The fraction of sp³-hybridized carbons (Fsp3) is 1.00. The van der Waals surface area contributed by atoms with Crippen molar-refractivity contribution in [3.63, 3.8) is 0 Å². The second kappa shape index (κ2) is 4.13. The molecule has 2 fully saturated rings. The molecular formula is C12H22BrN. The molecule has 1 aliphatic carbocycles. The van der Waals surface area contributed by atoms with Crippen molar-refractivity contribution in [1.29, 1.82) is 0 Å². The molecule has 1 nitrogen and oxygen atoms in total. The second-order valence-corrected chi connectivity index (χ2v) is 6.17. The molecule has 2 aliphatic rings. The summed E-state index contributed by atoms with van der Waals surface area (Å²) < 4.78 is 0. The predicted octanol–water partition coefficient (Wildman–Crippen LogP) is 3.28. The summed E-state index contributed by atoms with van der Waals surface area (Å²) >= 11 is 3.70. The summed E-state index contributed by atoms with van der Waals surface area (Å²) in [6, 6.07) is 0.821. The van der Waals surface area contributed by atoms with Crippen LogP contribution in [0.2, 0.25) is 0 Å². The van der Waals surface area contributed by atoms with Crippen LogP contribution in [0.25, 0.3) is 0 Å². The molecule has 2 atom stereocenters. The van der Waals surface area contributed by atoms with E-state index in [2.05, 4.69) is 34.7 Å². The van der Waals surface area contributed by atoms with Crippen molar-refractivity contribution in [2.45, 2.75) is 45.6 Å². The average molecular weight is 260 g/mol. The molecular weight excluding hydrogens is 238 g/mol. The van der Waals surface area contributed by atoms with Crippen LogP contribution >= 0.6 is 15.9 Å². The largest absolute Gasteiger partial charge is 0.300 e. The lowest BCUT2D eigenvalue weighted by atomic mass is 9.70. The highest BCUT2D eigenvalue weighted by Gasteiger charge is 2.40. The van der Waals surface area contributed by atoms with Gasteiger partial charge in [0.2, 0.25) is 0 Å². The van der Waals surface area contributed by atoms with Gasteiger partial charge in [-0.05, 0) is 37.5 Å². The Kier molecular flexibility index (Phi) is 3.23. The van der Waals surface area contributed by atoms with Gasteiger partial charge in [0.1, 0.15) is 0 Å². The maximum atomic E-state index is 3.70. The summed E-state index contributed by atoms with van der Waals surface area (Å²) in [5, 5.41) is 1.21. The number of rotatable bonds is 3. The van der Waals surface area contributed by atoms with Crippen LogP contribution in [0.1, 0.15) is 39.5 Å². The average Bonchev–Trinajstić information content (AvgIpc) is 2.38. The highest BCUT2D eigenvalue weighted by atomic mass is 79.9. The van der Waals surface area contributed by atoms with Crippen molar-refractivity contribution in [3.05, 3.63) is 0 Å². The standard InChI is InChI=1S/C12H22BrN/c1-10-6-11(2)14(7-10)9-12(8-13)4-3-5-12/h10-11H,3-9H2,1-2H3. The minimum atomic E-state index is 0.637. The first-order valence-corrected chi connectivity index (χ1v) is 7.07. The van der Waals surface area contributed by atoms with E-state index in [4.69, 9.17) is 0 Å². The van der Waals surface area contributed by atoms with E-state index in [0.717, 1.165) is 12.0 Å². The van der Waals surface area contributed by atoms with Gasteiger partial charge in [-0.15, -0.1) is 0 Å². The van der Waals surface area contributed by atoms with E-state index in [1.165, 1.54) is 44.1 Å². The van der Waals surface area contributed by atoms with Gasteiger partial charge in [0.05, 0.1) is 0 Å². The Labute approximate surface area is 96.4 Å². The van der Waals surface area contributed by atoms with E-state index in [9.17, 15) is 0 Å². The number of alkyl halides is 1. The van der Waals surface area contributed by atoms with Gasteiger partial charge in [-0.3, -0.25) is 4.90 Å². The summed E-state index contributed by atoms with van der Waals surface area (Å²) in [4.78, 5) is 2.71. The first-order valence-electron chi connectivity index (χ1n) is 5.95. The Morgan fingerprint density at radius 3 is 2.43 bits per heavy atom. The Morgan fingerprint density at radius 1 is 1.36 bits per heavy atom. The molecule has 1 saturated carbocycles. The van der Waals surface area contributed by atoms with E-state index in [0.29, 0.717) is 5.41 Å². The Hall–Kier alpha value is 0.440. The van der Waals surface area contributed by atoms with Crippen LogP contribution in [0.3, 0.4) is 0 Å². The third-order valence-electron chi connectivity index (χ3n) is 4.15. The molecule has 0 amide bonds. The molecule has 0 bridgehead atoms. The summed E-state index contributed by atoms with van der Waals surface area (Å²) in [6.07, 6.45) is 5.73. The molecule has 0 aromatic heterocycles. The molecule has 2 unspecified atom stereocenters. The lowest BCUT2D eigenvalue weighted by Crippen LogP contribution is -2.44. The summed E-state index contributed by atoms with van der Waals surface area (Å²) in [5.41, 5.74) is 0.637. The summed E-state index contributed by atoms with van der Waals surface area (Å²) in [6.45, 7) is 7.45. The van der Waals surface area contributed by atoms with Crippen molar-refractivity contribution in [1.82, 2.24) is 4.90 Å². The zero-order valence-corrected chi connectivity index (χ0v) is 11.0. The van der Waals surface area contributed by atoms with Crippen LogP contribution < -0.4 is 0 Å². The van der Waals surface area contributed by atoms with E-state index in [1.807, 2.05) is 0 Å². The van der Waals surface area contributed by atoms with Crippen LogP contribution in [-0.4, -0.2) is 29.4 Å². The lowest BCUT2D eigenvalue weighted by Gasteiger charge is -2.44. The van der Waals surface area contributed by atoms with E-state index in [-0.39, 0.29) is 0 Å². The van der Waals surface area contributed by atoms with E-state index in [1.54, 1.807) is 0 Å². The number of nitrogens with zero attached hydrogens (tertiary/aromatic N) is 1. The second-order valence-electron chi connectivity index (χ2n) is 5.61. The van der Waals surface area contributed by atoms with Gasteiger partial charge in [-0.25, -0.2) is 0 Å². The van der Waals surface area contributed by atoms with Gasteiger partial charge in [0.25, 0.3) is 0 Å². The van der Waals surface area contributed by atoms with Gasteiger partial charge in [0, 0.05) is 24.5 Å². The van der Waals surface area contributed by atoms with Crippen molar-refractivity contribution < 1.29 is 0 Å². The smallest absolute Gasteiger partial charge is 0.0100 e. The molecule has 0 aromatic carbocycles. The summed E-state index contributed by atoms with van der Waals surface area (Å²) in [5.74, 6) is 0.914. The number of likely N-dealkylation sites (tertiary alicyclic amines) is 1. The van der Waals surface area contributed by atoms with Crippen LogP contribution in [-0.2, 0) is 0 Å². The fourth-order valence-corrected chi connectivity index (χ4v) is 3.79. The van der Waals surface area contributed by atoms with Gasteiger partial charge in [-0.2, -0.15) is 0 Å².